The Morgan fingerprint density at radius 1 is 1.09 bits per heavy atom. The molecule has 0 spiro atoms. The molecule has 0 N–H and O–H groups in total. The standard InChI is InChI=1S/C21H41NO/c1-5-7-8-9-10-19(4)21(23)12-11-20-13-15-22(16-14-20)17-18(3)6-2/h18-20H,5-17H2,1-4H3. The minimum atomic E-state index is 0.289. The molecule has 0 amide bonds. The van der Waals surface area contributed by atoms with E-state index in [9.17, 15) is 4.79 Å². The fourth-order valence-electron chi connectivity index (χ4n) is 3.66. The average Bonchev–Trinajstić information content (AvgIpc) is 2.57. The minimum Gasteiger partial charge on any atom is -0.303 e. The molecule has 1 heterocycles. The summed E-state index contributed by atoms with van der Waals surface area (Å²) in [4.78, 5) is 14.9. The molecule has 2 heteroatoms. The third-order valence-corrected chi connectivity index (χ3v) is 5.81. The molecule has 23 heavy (non-hydrogen) atoms. The van der Waals surface area contributed by atoms with Crippen LogP contribution < -0.4 is 0 Å². The lowest BCUT2D eigenvalue weighted by molar-refractivity contribution is -0.123. The van der Waals surface area contributed by atoms with Crippen molar-refractivity contribution < 1.29 is 4.79 Å². The van der Waals surface area contributed by atoms with Crippen molar-refractivity contribution in [2.24, 2.45) is 17.8 Å². The van der Waals surface area contributed by atoms with Gasteiger partial charge in [-0.05, 0) is 50.6 Å². The number of ketones is 1. The van der Waals surface area contributed by atoms with E-state index in [1.807, 2.05) is 0 Å². The molecule has 1 aliphatic rings. The molecule has 2 nitrogen and oxygen atoms in total. The van der Waals surface area contributed by atoms with Crippen LogP contribution in [0.5, 0.6) is 0 Å². The van der Waals surface area contributed by atoms with Gasteiger partial charge in [0.1, 0.15) is 5.78 Å². The van der Waals surface area contributed by atoms with Crippen molar-refractivity contribution >= 4 is 5.78 Å². The van der Waals surface area contributed by atoms with Crippen molar-refractivity contribution in [3.05, 3.63) is 0 Å². The quantitative estimate of drug-likeness (QED) is 0.429. The van der Waals surface area contributed by atoms with Crippen LogP contribution >= 0.6 is 0 Å². The maximum absolute atomic E-state index is 12.3. The number of carbonyl (C=O) groups is 1. The molecule has 1 rings (SSSR count). The third-order valence-electron chi connectivity index (χ3n) is 5.81. The second kappa shape index (κ2) is 12.1. The first-order valence-electron chi connectivity index (χ1n) is 10.3. The predicted molar refractivity (Wildman–Crippen MR) is 101 cm³/mol. The van der Waals surface area contributed by atoms with E-state index in [0.29, 0.717) is 5.78 Å². The van der Waals surface area contributed by atoms with Crippen molar-refractivity contribution in [3.8, 4) is 0 Å². The number of rotatable bonds is 12. The van der Waals surface area contributed by atoms with Crippen LogP contribution in [0.2, 0.25) is 0 Å². The molecule has 0 radical (unpaired) electrons. The third kappa shape index (κ3) is 8.88. The van der Waals surface area contributed by atoms with Gasteiger partial charge in [0.2, 0.25) is 0 Å². The van der Waals surface area contributed by atoms with E-state index in [4.69, 9.17) is 0 Å². The van der Waals surface area contributed by atoms with E-state index in [1.165, 1.54) is 64.6 Å². The monoisotopic (exact) mass is 323 g/mol. The zero-order chi connectivity index (χ0) is 17.1. The maximum atomic E-state index is 12.3. The van der Waals surface area contributed by atoms with E-state index in [-0.39, 0.29) is 5.92 Å². The van der Waals surface area contributed by atoms with Crippen LogP contribution in [0, 0.1) is 17.8 Å². The average molecular weight is 324 g/mol. The lowest BCUT2D eigenvalue weighted by Crippen LogP contribution is -2.36. The summed E-state index contributed by atoms with van der Waals surface area (Å²) in [5.74, 6) is 2.42. The van der Waals surface area contributed by atoms with E-state index in [1.54, 1.807) is 0 Å². The number of hydrogen-bond acceptors (Lipinski definition) is 2. The fourth-order valence-corrected chi connectivity index (χ4v) is 3.66. The highest BCUT2D eigenvalue weighted by Crippen LogP contribution is 2.24. The Labute approximate surface area is 145 Å². The highest BCUT2D eigenvalue weighted by Gasteiger charge is 2.21. The summed E-state index contributed by atoms with van der Waals surface area (Å²) >= 11 is 0. The largest absolute Gasteiger partial charge is 0.303 e. The maximum Gasteiger partial charge on any atom is 0.135 e. The first-order valence-corrected chi connectivity index (χ1v) is 10.3. The zero-order valence-electron chi connectivity index (χ0n) is 16.3. The van der Waals surface area contributed by atoms with Crippen LogP contribution in [-0.4, -0.2) is 30.3 Å². The van der Waals surface area contributed by atoms with Crippen molar-refractivity contribution in [1.29, 1.82) is 0 Å². The van der Waals surface area contributed by atoms with Crippen molar-refractivity contribution in [3.63, 3.8) is 0 Å². The Kier molecular flexibility index (Phi) is 10.8. The number of nitrogens with zero attached hydrogens (tertiary/aromatic N) is 1. The summed E-state index contributed by atoms with van der Waals surface area (Å²) < 4.78 is 0. The number of likely N-dealkylation sites (tertiary alicyclic amines) is 1. The molecule has 1 fully saturated rings. The van der Waals surface area contributed by atoms with Gasteiger partial charge < -0.3 is 4.90 Å². The second-order valence-corrected chi connectivity index (χ2v) is 8.01. The Morgan fingerprint density at radius 3 is 2.39 bits per heavy atom. The predicted octanol–water partition coefficient (Wildman–Crippen LogP) is 5.70. The van der Waals surface area contributed by atoms with Crippen LogP contribution in [0.3, 0.4) is 0 Å². The lowest BCUT2D eigenvalue weighted by Gasteiger charge is -2.33. The normalized spacial score (nSPS) is 19.7. The Balaban J connectivity index is 2.12. The first kappa shape index (κ1) is 20.7. The molecule has 0 aliphatic carbocycles. The zero-order valence-corrected chi connectivity index (χ0v) is 16.3. The van der Waals surface area contributed by atoms with Crippen molar-refractivity contribution in [1.82, 2.24) is 4.90 Å². The molecule has 0 aromatic heterocycles. The fraction of sp³-hybridized carbons (Fsp3) is 0.952. The summed E-state index contributed by atoms with van der Waals surface area (Å²) in [6.07, 6.45) is 12.1. The molecule has 0 aromatic carbocycles. The van der Waals surface area contributed by atoms with Crippen LogP contribution in [0.25, 0.3) is 0 Å². The first-order chi connectivity index (χ1) is 11.1. The Morgan fingerprint density at radius 2 is 1.78 bits per heavy atom. The molecule has 0 saturated carbocycles. The number of unbranched alkanes of at least 4 members (excludes halogenated alkanes) is 3. The van der Waals surface area contributed by atoms with Crippen LogP contribution in [-0.2, 0) is 4.79 Å². The van der Waals surface area contributed by atoms with Gasteiger partial charge in [-0.1, -0.05) is 59.8 Å². The molecule has 1 aliphatic heterocycles. The Hall–Kier alpha value is -0.370. The minimum absolute atomic E-state index is 0.289. The van der Waals surface area contributed by atoms with Gasteiger partial charge in [-0.3, -0.25) is 4.79 Å². The lowest BCUT2D eigenvalue weighted by atomic mass is 9.88. The molecule has 2 unspecified atom stereocenters. The van der Waals surface area contributed by atoms with Gasteiger partial charge in [0, 0.05) is 18.9 Å². The van der Waals surface area contributed by atoms with E-state index >= 15 is 0 Å². The molecular weight excluding hydrogens is 282 g/mol. The summed E-state index contributed by atoms with van der Waals surface area (Å²) in [7, 11) is 0. The summed E-state index contributed by atoms with van der Waals surface area (Å²) in [5, 5.41) is 0. The van der Waals surface area contributed by atoms with Gasteiger partial charge in [0.15, 0.2) is 0 Å². The molecule has 136 valence electrons. The SMILES string of the molecule is CCCCCCC(C)C(=O)CCC1CCN(CC(C)CC)CC1. The van der Waals surface area contributed by atoms with Gasteiger partial charge in [0.05, 0.1) is 0 Å². The van der Waals surface area contributed by atoms with Gasteiger partial charge in [-0.25, -0.2) is 0 Å². The van der Waals surface area contributed by atoms with Gasteiger partial charge >= 0.3 is 0 Å². The smallest absolute Gasteiger partial charge is 0.135 e. The van der Waals surface area contributed by atoms with Crippen molar-refractivity contribution in [2.45, 2.75) is 91.9 Å². The summed E-state index contributed by atoms with van der Waals surface area (Å²) in [6, 6.07) is 0. The number of piperidine rings is 1. The van der Waals surface area contributed by atoms with Crippen LogP contribution in [0.4, 0.5) is 0 Å². The van der Waals surface area contributed by atoms with Crippen LogP contribution in [0.1, 0.15) is 91.9 Å². The molecule has 0 aromatic rings. The van der Waals surface area contributed by atoms with E-state index in [0.717, 1.165) is 31.1 Å². The van der Waals surface area contributed by atoms with E-state index < -0.39 is 0 Å². The van der Waals surface area contributed by atoms with Gasteiger partial charge in [0.25, 0.3) is 0 Å². The number of hydrogen-bond donors (Lipinski definition) is 0. The summed E-state index contributed by atoms with van der Waals surface area (Å²) in [5.41, 5.74) is 0. The molecule has 2 atom stereocenters. The molecule has 1 saturated heterocycles. The van der Waals surface area contributed by atoms with Crippen molar-refractivity contribution in [2.75, 3.05) is 19.6 Å². The number of carbonyl (C=O) groups excluding carboxylic acids is 1. The second-order valence-electron chi connectivity index (χ2n) is 8.01. The topological polar surface area (TPSA) is 20.3 Å². The highest BCUT2D eigenvalue weighted by molar-refractivity contribution is 5.80. The van der Waals surface area contributed by atoms with E-state index in [2.05, 4.69) is 32.6 Å². The van der Waals surface area contributed by atoms with Crippen LogP contribution in [0.15, 0.2) is 0 Å². The molecular formula is C21H41NO. The molecule has 0 bridgehead atoms. The van der Waals surface area contributed by atoms with Gasteiger partial charge in [-0.2, -0.15) is 0 Å². The summed E-state index contributed by atoms with van der Waals surface area (Å²) in [6.45, 7) is 12.8. The number of Topliss-reactive ketones (excluding diaryl/α,β-unsaturated/α-hetero) is 1. The van der Waals surface area contributed by atoms with Gasteiger partial charge in [-0.15, -0.1) is 0 Å². The highest BCUT2D eigenvalue weighted by atomic mass is 16.1. The Bertz CT molecular complexity index is 307.